The molecular weight excluding hydrogens is 408 g/mol. The fraction of sp³-hybridized carbons (Fsp3) is 0.385. The molecule has 0 radical (unpaired) electrons. The number of fused-ring (bicyclic) bond motifs is 1. The van der Waals surface area contributed by atoms with E-state index < -0.39 is 5.60 Å². The molecule has 4 saturated carbocycles. The van der Waals surface area contributed by atoms with E-state index in [4.69, 9.17) is 9.47 Å². The third-order valence-corrected chi connectivity index (χ3v) is 9.28. The van der Waals surface area contributed by atoms with Gasteiger partial charge in [0.15, 0.2) is 16.2 Å². The summed E-state index contributed by atoms with van der Waals surface area (Å²) < 4.78 is 13.0. The summed E-state index contributed by atoms with van der Waals surface area (Å²) in [7, 11) is -0.0531. The van der Waals surface area contributed by atoms with Crippen molar-refractivity contribution in [1.82, 2.24) is 0 Å². The van der Waals surface area contributed by atoms with Crippen LogP contribution in [0.25, 0.3) is 15.0 Å². The van der Waals surface area contributed by atoms with Crippen molar-refractivity contribution in [1.29, 1.82) is 0 Å². The van der Waals surface area contributed by atoms with Crippen LogP contribution >= 0.6 is 10.5 Å². The van der Waals surface area contributed by atoms with Crippen LogP contribution in [0, 0.1) is 17.8 Å². The molecule has 4 aliphatic carbocycles. The molecular formula is C26H25O4S+. The first-order chi connectivity index (χ1) is 15.1. The molecule has 7 rings (SSSR count). The summed E-state index contributed by atoms with van der Waals surface area (Å²) in [6.45, 7) is -0.0938. The molecule has 0 amide bonds. The number of rotatable bonds is 5. The van der Waals surface area contributed by atoms with Crippen LogP contribution in [-0.4, -0.2) is 24.0 Å². The number of thiophene rings is 1. The molecule has 4 aliphatic rings. The molecule has 31 heavy (non-hydrogen) atoms. The van der Waals surface area contributed by atoms with Crippen molar-refractivity contribution in [2.45, 2.75) is 37.7 Å². The lowest BCUT2D eigenvalue weighted by Crippen LogP contribution is -2.57. The van der Waals surface area contributed by atoms with Crippen molar-refractivity contribution in [2.75, 3.05) is 6.61 Å². The first kappa shape index (κ1) is 19.1. The van der Waals surface area contributed by atoms with Crippen LogP contribution in [-0.2, 0) is 14.3 Å². The van der Waals surface area contributed by atoms with Gasteiger partial charge in [-0.15, -0.1) is 0 Å². The van der Waals surface area contributed by atoms with Crippen LogP contribution < -0.4 is 4.74 Å². The molecule has 0 aliphatic heterocycles. The Morgan fingerprint density at radius 2 is 1.71 bits per heavy atom. The number of hydrogen-bond acceptors (Lipinski definition) is 4. The molecule has 0 saturated heterocycles. The number of Topliss-reactive ketones (excluding diaryl/α,β-unsaturated/α-hetero) is 1. The highest BCUT2D eigenvalue weighted by Crippen LogP contribution is 2.55. The maximum Gasteiger partial charge on any atom is 0.344 e. The van der Waals surface area contributed by atoms with E-state index in [-0.39, 0.29) is 34.9 Å². The van der Waals surface area contributed by atoms with Gasteiger partial charge in [0.1, 0.15) is 22.5 Å². The van der Waals surface area contributed by atoms with E-state index in [2.05, 4.69) is 47.8 Å². The lowest BCUT2D eigenvalue weighted by Gasteiger charge is -2.54. The van der Waals surface area contributed by atoms with Gasteiger partial charge in [0, 0.05) is 45.9 Å². The number of carbonyl (C=O) groups is 2. The fourth-order valence-corrected chi connectivity index (χ4v) is 8.02. The van der Waals surface area contributed by atoms with Gasteiger partial charge < -0.3 is 9.47 Å². The van der Waals surface area contributed by atoms with E-state index in [9.17, 15) is 9.59 Å². The summed E-state index contributed by atoms with van der Waals surface area (Å²) >= 11 is 0. The van der Waals surface area contributed by atoms with E-state index in [1.807, 2.05) is 12.1 Å². The van der Waals surface area contributed by atoms with E-state index in [1.165, 1.54) is 15.0 Å². The van der Waals surface area contributed by atoms with Crippen LogP contribution in [0.4, 0.5) is 0 Å². The number of carbonyl (C=O) groups excluding carboxylic acids is 2. The van der Waals surface area contributed by atoms with Crippen molar-refractivity contribution < 1.29 is 19.1 Å². The Balaban J connectivity index is 1.10. The standard InChI is InChI=1S/C26H25O4S/c27-24(30-26-13-17-11-19(14-26)25(28)20(12-17)15-26)16-29-21-5-7-22(8-6-21)31-10-9-18-3-1-2-4-23(18)31/h1-10,17,19-20H,11-16H2/q+1. The highest BCUT2D eigenvalue weighted by Gasteiger charge is 2.57. The SMILES string of the molecule is O=C(COc1ccc(-[s+]2ccc3ccccc32)cc1)OC12CC3CC(C1)C(=O)C(C3)C2. The van der Waals surface area contributed by atoms with Crippen molar-refractivity contribution in [2.24, 2.45) is 17.8 Å². The van der Waals surface area contributed by atoms with Gasteiger partial charge in [0.2, 0.25) is 0 Å². The molecule has 4 fully saturated rings. The number of ketones is 1. The predicted molar refractivity (Wildman–Crippen MR) is 121 cm³/mol. The van der Waals surface area contributed by atoms with E-state index in [0.29, 0.717) is 30.3 Å². The van der Waals surface area contributed by atoms with Gasteiger partial charge in [-0.25, -0.2) is 4.79 Å². The molecule has 4 bridgehead atoms. The summed E-state index contributed by atoms with van der Waals surface area (Å²) in [5, 5.41) is 3.52. The molecule has 1 heterocycles. The first-order valence-corrected chi connectivity index (χ1v) is 12.4. The van der Waals surface area contributed by atoms with Gasteiger partial charge in [0.05, 0.1) is 0 Å². The van der Waals surface area contributed by atoms with Gasteiger partial charge in [-0.2, -0.15) is 0 Å². The van der Waals surface area contributed by atoms with Crippen LogP contribution in [0.3, 0.4) is 0 Å². The number of esters is 1. The average molecular weight is 434 g/mol. The van der Waals surface area contributed by atoms with E-state index in [1.54, 1.807) is 0 Å². The second kappa shape index (κ2) is 7.20. The third kappa shape index (κ3) is 3.35. The van der Waals surface area contributed by atoms with Crippen molar-refractivity contribution in [3.05, 3.63) is 60.0 Å². The summed E-state index contributed by atoms with van der Waals surface area (Å²) in [4.78, 5) is 26.1. The molecule has 3 aromatic rings. The Kier molecular flexibility index (Phi) is 4.42. The third-order valence-electron chi connectivity index (χ3n) is 7.24. The predicted octanol–water partition coefficient (Wildman–Crippen LogP) is 5.65. The van der Waals surface area contributed by atoms with Gasteiger partial charge >= 0.3 is 5.97 Å². The quantitative estimate of drug-likeness (QED) is 0.385. The van der Waals surface area contributed by atoms with Crippen molar-refractivity contribution in [3.8, 4) is 10.6 Å². The Bertz CT molecular complexity index is 1140. The molecule has 0 spiro atoms. The van der Waals surface area contributed by atoms with Crippen LogP contribution in [0.15, 0.2) is 60.0 Å². The highest BCUT2D eigenvalue weighted by atomic mass is 32.2. The van der Waals surface area contributed by atoms with Gasteiger partial charge in [-0.1, -0.05) is 12.1 Å². The van der Waals surface area contributed by atoms with Gasteiger partial charge in [-0.05, 0) is 62.3 Å². The molecule has 2 aromatic carbocycles. The van der Waals surface area contributed by atoms with Crippen molar-refractivity contribution in [3.63, 3.8) is 0 Å². The summed E-state index contributed by atoms with van der Waals surface area (Å²) in [5.41, 5.74) is -0.433. The Morgan fingerprint density at radius 3 is 2.48 bits per heavy atom. The maximum absolute atomic E-state index is 12.6. The van der Waals surface area contributed by atoms with Crippen LogP contribution in [0.5, 0.6) is 5.75 Å². The van der Waals surface area contributed by atoms with Gasteiger partial charge in [0.25, 0.3) is 0 Å². The Hall–Kier alpha value is -2.66. The number of benzene rings is 2. The minimum Gasteiger partial charge on any atom is -0.482 e. The Labute approximate surface area is 184 Å². The fourth-order valence-electron chi connectivity index (χ4n) is 6.13. The largest absolute Gasteiger partial charge is 0.482 e. The topological polar surface area (TPSA) is 52.6 Å². The van der Waals surface area contributed by atoms with E-state index in [0.717, 1.165) is 19.3 Å². The zero-order chi connectivity index (χ0) is 21.0. The highest BCUT2D eigenvalue weighted by molar-refractivity contribution is 7.43. The normalized spacial score (nSPS) is 29.4. The summed E-state index contributed by atoms with van der Waals surface area (Å²) in [6, 6.07) is 18.6. The number of ether oxygens (including phenoxy) is 2. The lowest BCUT2D eigenvalue weighted by molar-refractivity contribution is -0.190. The average Bonchev–Trinajstić information content (AvgIpc) is 3.20. The molecule has 158 valence electrons. The first-order valence-electron chi connectivity index (χ1n) is 11.1. The summed E-state index contributed by atoms with van der Waals surface area (Å²) in [6.07, 6.45) is 4.29. The lowest BCUT2D eigenvalue weighted by atomic mass is 9.53. The minimum absolute atomic E-state index is 0.0531. The van der Waals surface area contributed by atoms with E-state index >= 15 is 0 Å². The minimum atomic E-state index is -0.433. The molecule has 4 nitrogen and oxygen atoms in total. The van der Waals surface area contributed by atoms with Crippen LogP contribution in [0.1, 0.15) is 32.1 Å². The molecule has 0 N–H and O–H groups in total. The number of hydrogen-bond donors (Lipinski definition) is 0. The Morgan fingerprint density at radius 1 is 0.968 bits per heavy atom. The maximum atomic E-state index is 12.6. The van der Waals surface area contributed by atoms with Gasteiger partial charge in [-0.3, -0.25) is 4.79 Å². The molecule has 1 aromatic heterocycles. The van der Waals surface area contributed by atoms with Crippen LogP contribution in [0.2, 0.25) is 0 Å². The molecule has 3 unspecified atom stereocenters. The summed E-state index contributed by atoms with van der Waals surface area (Å²) in [5.74, 6) is 1.48. The molecule has 3 atom stereocenters. The zero-order valence-corrected chi connectivity index (χ0v) is 18.1. The molecule has 5 heteroatoms. The smallest absolute Gasteiger partial charge is 0.344 e. The zero-order valence-electron chi connectivity index (χ0n) is 17.3. The second-order valence-corrected chi connectivity index (χ2v) is 11.2. The second-order valence-electron chi connectivity index (χ2n) is 9.34. The van der Waals surface area contributed by atoms with Crippen molar-refractivity contribution >= 4 is 32.3 Å². The monoisotopic (exact) mass is 433 g/mol.